The summed E-state index contributed by atoms with van der Waals surface area (Å²) in [7, 11) is 2.00. The smallest absolute Gasteiger partial charge is 0.238 e. The molecule has 1 fully saturated rings. The van der Waals surface area contributed by atoms with Gasteiger partial charge in [0.15, 0.2) is 0 Å². The van der Waals surface area contributed by atoms with Crippen molar-refractivity contribution in [2.24, 2.45) is 15.2 Å². The van der Waals surface area contributed by atoms with Gasteiger partial charge in [-0.15, -0.1) is 35.9 Å². The molecule has 4 rings (SSSR count). The highest BCUT2D eigenvalue weighted by Crippen LogP contribution is 2.37. The number of phenols is 1. The number of amides is 1. The third-order valence-electron chi connectivity index (χ3n) is 6.24. The van der Waals surface area contributed by atoms with E-state index in [1.807, 2.05) is 43.5 Å². The first-order valence-electron chi connectivity index (χ1n) is 11.3. The number of benzene rings is 1. The van der Waals surface area contributed by atoms with Gasteiger partial charge in [-0.05, 0) is 38.1 Å². The number of likely N-dealkylation sites (N-methyl/N-ethyl adjacent to an activating group) is 1. The molecule has 1 unspecified atom stereocenters. The third-order valence-corrected chi connectivity index (χ3v) is 8.85. The Labute approximate surface area is 209 Å². The fourth-order valence-electron chi connectivity index (χ4n) is 4.29. The van der Waals surface area contributed by atoms with Crippen molar-refractivity contribution in [1.29, 1.82) is 0 Å². The molecule has 34 heavy (non-hydrogen) atoms. The minimum atomic E-state index is -0.489. The number of terminal acetylenes is 1. The molecular formula is C25H29N5O2S2. The van der Waals surface area contributed by atoms with E-state index < -0.39 is 5.54 Å². The van der Waals surface area contributed by atoms with Crippen molar-refractivity contribution in [3.05, 3.63) is 54.3 Å². The van der Waals surface area contributed by atoms with Gasteiger partial charge in [0, 0.05) is 36.2 Å². The molecule has 4 atom stereocenters. The number of para-hydroxylation sites is 1. The number of carbonyl (C=O) groups excluding carboxylic acids is 1. The van der Waals surface area contributed by atoms with Crippen molar-refractivity contribution in [1.82, 2.24) is 10.2 Å². The summed E-state index contributed by atoms with van der Waals surface area (Å²) in [6, 6.07) is 7.15. The number of nitrogens with one attached hydrogen (secondary N) is 1. The van der Waals surface area contributed by atoms with Crippen LogP contribution in [0.5, 0.6) is 5.75 Å². The molecule has 3 aliphatic rings. The molecule has 9 heteroatoms. The van der Waals surface area contributed by atoms with Gasteiger partial charge in [0.25, 0.3) is 0 Å². The molecule has 0 aliphatic carbocycles. The zero-order valence-corrected chi connectivity index (χ0v) is 20.8. The van der Waals surface area contributed by atoms with Crippen LogP contribution in [-0.4, -0.2) is 69.1 Å². The molecule has 1 aromatic rings. The summed E-state index contributed by atoms with van der Waals surface area (Å²) in [5.41, 5.74) is 0.283. The molecule has 1 aromatic carbocycles. The predicted octanol–water partition coefficient (Wildman–Crippen LogP) is 3.82. The van der Waals surface area contributed by atoms with Crippen LogP contribution >= 0.6 is 23.5 Å². The second-order valence-electron chi connectivity index (χ2n) is 8.50. The molecule has 0 saturated carbocycles. The zero-order chi connectivity index (χ0) is 24.0. The lowest BCUT2D eigenvalue weighted by Crippen LogP contribution is -2.48. The van der Waals surface area contributed by atoms with E-state index in [1.54, 1.807) is 35.8 Å². The van der Waals surface area contributed by atoms with Gasteiger partial charge in [0.2, 0.25) is 5.91 Å². The van der Waals surface area contributed by atoms with Gasteiger partial charge in [-0.25, -0.2) is 0 Å². The molecule has 0 bridgehead atoms. The number of aliphatic imine (C=N–C) groups is 1. The fourth-order valence-corrected chi connectivity index (χ4v) is 7.06. The van der Waals surface area contributed by atoms with Crippen LogP contribution in [0, 0.1) is 12.3 Å². The van der Waals surface area contributed by atoms with E-state index in [4.69, 9.17) is 11.4 Å². The van der Waals surface area contributed by atoms with Crippen LogP contribution in [0.25, 0.3) is 0 Å². The summed E-state index contributed by atoms with van der Waals surface area (Å²) in [5, 5.41) is 22.8. The highest BCUT2D eigenvalue weighted by Gasteiger charge is 2.41. The van der Waals surface area contributed by atoms with Gasteiger partial charge >= 0.3 is 0 Å². The van der Waals surface area contributed by atoms with E-state index in [2.05, 4.69) is 26.4 Å². The molecule has 3 aliphatic heterocycles. The van der Waals surface area contributed by atoms with Gasteiger partial charge in [-0.3, -0.25) is 14.7 Å². The number of hydrogen-bond donors (Lipinski definition) is 2. The molecular weight excluding hydrogens is 466 g/mol. The van der Waals surface area contributed by atoms with E-state index >= 15 is 0 Å². The number of thioether (sulfide) groups is 2. The minimum Gasteiger partial charge on any atom is -0.507 e. The van der Waals surface area contributed by atoms with Crippen LogP contribution in [0.4, 0.5) is 0 Å². The van der Waals surface area contributed by atoms with Gasteiger partial charge < -0.3 is 10.4 Å². The van der Waals surface area contributed by atoms with Crippen LogP contribution in [0.1, 0.15) is 24.8 Å². The normalized spacial score (nSPS) is 28.5. The largest absolute Gasteiger partial charge is 0.507 e. The standard InChI is InChI=1S/C25H29N5O2S2/c1-3-4-11-25(12-7-8-14-27-29-25)13-15-26-22(32)20-17-34-24(30(20)2)19-16-33-23(28-19)18-9-5-6-10-21(18)31/h1,5-10,12,14,19-20,24,31H,4,11,13,15-17H2,2H3,(H,26,32)/t19-,20+,24-,25?/m0/s1. The quantitative estimate of drug-likeness (QED) is 0.535. The van der Waals surface area contributed by atoms with Crippen molar-refractivity contribution < 1.29 is 9.90 Å². The number of aromatic hydroxyl groups is 1. The summed E-state index contributed by atoms with van der Waals surface area (Å²) in [4.78, 5) is 20.0. The van der Waals surface area contributed by atoms with Crippen molar-refractivity contribution in [3.63, 3.8) is 0 Å². The number of carbonyl (C=O) groups is 1. The van der Waals surface area contributed by atoms with E-state index in [0.29, 0.717) is 25.8 Å². The van der Waals surface area contributed by atoms with Gasteiger partial charge in [-0.2, -0.15) is 10.2 Å². The molecule has 7 nitrogen and oxygen atoms in total. The van der Waals surface area contributed by atoms with Crippen molar-refractivity contribution in [3.8, 4) is 18.1 Å². The average molecular weight is 496 g/mol. The van der Waals surface area contributed by atoms with Gasteiger partial charge in [-0.1, -0.05) is 24.3 Å². The Morgan fingerprint density at radius 3 is 3.00 bits per heavy atom. The summed E-state index contributed by atoms with van der Waals surface area (Å²) in [6.07, 6.45) is 14.9. The number of hydrogen-bond acceptors (Lipinski definition) is 8. The first-order chi connectivity index (χ1) is 16.5. The third kappa shape index (κ3) is 5.57. The molecule has 178 valence electrons. The first-order valence-corrected chi connectivity index (χ1v) is 13.4. The van der Waals surface area contributed by atoms with Crippen LogP contribution < -0.4 is 5.32 Å². The molecule has 0 radical (unpaired) electrons. The van der Waals surface area contributed by atoms with Crippen molar-refractivity contribution in [2.45, 2.75) is 42.3 Å². The van der Waals surface area contributed by atoms with Gasteiger partial charge in [0.05, 0.1) is 17.5 Å². The van der Waals surface area contributed by atoms with E-state index in [0.717, 1.165) is 22.1 Å². The maximum atomic E-state index is 13.0. The maximum Gasteiger partial charge on any atom is 0.238 e. The van der Waals surface area contributed by atoms with E-state index in [1.165, 1.54) is 0 Å². The summed E-state index contributed by atoms with van der Waals surface area (Å²) in [5.74, 6) is 4.51. The molecule has 0 aromatic heterocycles. The Hall–Kier alpha value is -2.54. The Kier molecular flexibility index (Phi) is 8.14. The topological polar surface area (TPSA) is 89.6 Å². The molecule has 1 saturated heterocycles. The summed E-state index contributed by atoms with van der Waals surface area (Å²) in [6.45, 7) is 0.501. The number of azo groups is 1. The zero-order valence-electron chi connectivity index (χ0n) is 19.1. The predicted molar refractivity (Wildman–Crippen MR) is 140 cm³/mol. The second kappa shape index (κ2) is 11.3. The maximum absolute atomic E-state index is 13.0. The Morgan fingerprint density at radius 1 is 1.32 bits per heavy atom. The van der Waals surface area contributed by atoms with Crippen LogP contribution in [0.2, 0.25) is 0 Å². The Morgan fingerprint density at radius 2 is 2.18 bits per heavy atom. The summed E-state index contributed by atoms with van der Waals surface area (Å²) < 4.78 is 0. The van der Waals surface area contributed by atoms with Crippen molar-refractivity contribution >= 4 is 34.5 Å². The molecule has 1 amide bonds. The molecule has 3 heterocycles. The van der Waals surface area contributed by atoms with E-state index in [-0.39, 0.29) is 29.1 Å². The average Bonchev–Trinajstić information content (AvgIpc) is 3.39. The molecule has 0 spiro atoms. The fraction of sp³-hybridized carbons (Fsp3) is 0.440. The Bertz CT molecular complexity index is 1050. The first kappa shape index (κ1) is 24.6. The summed E-state index contributed by atoms with van der Waals surface area (Å²) >= 11 is 3.43. The lowest BCUT2D eigenvalue weighted by molar-refractivity contribution is -0.125. The SMILES string of the molecule is C#CCCC1(CCNC(=O)[C@H]2CS[C@@H]([C@@H]3CSC(c4ccccc4O)=N3)N2C)C=CC=CN=N1. The minimum absolute atomic E-state index is 0.0211. The Balaban J connectivity index is 1.33. The highest BCUT2D eigenvalue weighted by molar-refractivity contribution is 8.14. The van der Waals surface area contributed by atoms with Crippen LogP contribution in [0.3, 0.4) is 0 Å². The highest BCUT2D eigenvalue weighted by atomic mass is 32.2. The number of rotatable bonds is 8. The van der Waals surface area contributed by atoms with E-state index in [9.17, 15) is 9.90 Å². The van der Waals surface area contributed by atoms with Crippen LogP contribution in [0.15, 0.2) is 63.9 Å². The monoisotopic (exact) mass is 495 g/mol. The van der Waals surface area contributed by atoms with Crippen LogP contribution in [-0.2, 0) is 4.79 Å². The number of allylic oxidation sites excluding steroid dienone is 2. The lowest BCUT2D eigenvalue weighted by atomic mass is 9.90. The van der Waals surface area contributed by atoms with Gasteiger partial charge in [0.1, 0.15) is 16.3 Å². The molecule has 2 N–H and O–H groups in total. The second-order valence-corrected chi connectivity index (χ2v) is 10.7. The number of phenolic OH excluding ortho intramolecular Hbond substituents is 1. The number of nitrogens with zero attached hydrogens (tertiary/aromatic N) is 4. The lowest BCUT2D eigenvalue weighted by Gasteiger charge is -2.27. The van der Waals surface area contributed by atoms with Crippen molar-refractivity contribution in [2.75, 3.05) is 25.1 Å².